The Hall–Kier alpha value is -0.570. The zero-order chi connectivity index (χ0) is 11.4. The molecule has 1 aliphatic rings. The topological polar surface area (TPSA) is 21.3 Å². The molecule has 2 rings (SSSR count). The lowest BCUT2D eigenvalue weighted by molar-refractivity contribution is 0.0253. The van der Waals surface area contributed by atoms with Crippen molar-refractivity contribution in [2.45, 2.75) is 32.5 Å². The third-order valence-corrected chi connectivity index (χ3v) is 3.29. The van der Waals surface area contributed by atoms with Gasteiger partial charge in [0.2, 0.25) is 0 Å². The highest BCUT2D eigenvalue weighted by Gasteiger charge is 2.13. The Morgan fingerprint density at radius 2 is 2.38 bits per heavy atom. The quantitative estimate of drug-likeness (QED) is 0.876. The van der Waals surface area contributed by atoms with Gasteiger partial charge in [0.1, 0.15) is 0 Å². The summed E-state index contributed by atoms with van der Waals surface area (Å²) in [4.78, 5) is 0. The van der Waals surface area contributed by atoms with E-state index < -0.39 is 0 Å². The molecule has 3 heteroatoms. The highest BCUT2D eigenvalue weighted by atomic mass is 35.5. The molecule has 1 saturated heterocycles. The van der Waals surface area contributed by atoms with E-state index in [0.29, 0.717) is 12.7 Å². The molecule has 1 aromatic rings. The molecule has 0 spiro atoms. The lowest BCUT2D eigenvalue weighted by Gasteiger charge is -2.23. The van der Waals surface area contributed by atoms with E-state index >= 15 is 0 Å². The van der Waals surface area contributed by atoms with Crippen molar-refractivity contribution in [3.8, 4) is 0 Å². The average Bonchev–Trinajstić information content (AvgIpc) is 2.29. The smallest absolute Gasteiger partial charge is 0.0735 e. The van der Waals surface area contributed by atoms with Crippen molar-refractivity contribution in [3.63, 3.8) is 0 Å². The number of nitrogens with one attached hydrogen (secondary N) is 1. The first-order chi connectivity index (χ1) is 7.75. The zero-order valence-corrected chi connectivity index (χ0v) is 10.4. The summed E-state index contributed by atoms with van der Waals surface area (Å²) in [5.74, 6) is 0. The maximum Gasteiger partial charge on any atom is 0.0735 e. The van der Waals surface area contributed by atoms with Gasteiger partial charge in [-0.25, -0.2) is 0 Å². The van der Waals surface area contributed by atoms with Crippen molar-refractivity contribution in [2.24, 2.45) is 0 Å². The largest absolute Gasteiger partial charge is 0.372 e. The van der Waals surface area contributed by atoms with Gasteiger partial charge in [-0.2, -0.15) is 0 Å². The molecular weight excluding hydrogens is 222 g/mol. The van der Waals surface area contributed by atoms with Crippen LogP contribution in [0.2, 0.25) is 5.02 Å². The molecule has 1 aliphatic heterocycles. The van der Waals surface area contributed by atoms with Gasteiger partial charge in [0.05, 0.1) is 12.7 Å². The Kier molecular flexibility index (Phi) is 4.22. The lowest BCUT2D eigenvalue weighted by atomic mass is 10.1. The first-order valence-electron chi connectivity index (χ1n) is 5.83. The number of benzene rings is 1. The number of ether oxygens (including phenoxy) is 1. The second-order valence-corrected chi connectivity index (χ2v) is 4.78. The third kappa shape index (κ3) is 3.21. The molecule has 1 fully saturated rings. The van der Waals surface area contributed by atoms with Crippen molar-refractivity contribution in [3.05, 3.63) is 34.3 Å². The van der Waals surface area contributed by atoms with Crippen molar-refractivity contribution >= 4 is 11.6 Å². The SMILES string of the molecule is Cc1ccc(CO[C@H]2CCCNC2)c(Cl)c1. The fourth-order valence-electron chi connectivity index (χ4n) is 1.94. The fraction of sp³-hybridized carbons (Fsp3) is 0.538. The predicted molar refractivity (Wildman–Crippen MR) is 66.9 cm³/mol. The van der Waals surface area contributed by atoms with Crippen molar-refractivity contribution in [1.29, 1.82) is 0 Å². The highest BCUT2D eigenvalue weighted by Crippen LogP contribution is 2.19. The van der Waals surface area contributed by atoms with Gasteiger partial charge in [0.15, 0.2) is 0 Å². The number of hydrogen-bond donors (Lipinski definition) is 1. The minimum absolute atomic E-state index is 0.339. The number of rotatable bonds is 3. The van der Waals surface area contributed by atoms with E-state index in [1.807, 2.05) is 19.1 Å². The Labute approximate surface area is 102 Å². The second-order valence-electron chi connectivity index (χ2n) is 4.37. The zero-order valence-electron chi connectivity index (χ0n) is 9.63. The predicted octanol–water partition coefficient (Wildman–Crippen LogP) is 2.92. The minimum Gasteiger partial charge on any atom is -0.372 e. The maximum absolute atomic E-state index is 6.15. The van der Waals surface area contributed by atoms with Crippen LogP contribution in [0.3, 0.4) is 0 Å². The van der Waals surface area contributed by atoms with E-state index in [1.165, 1.54) is 12.0 Å². The summed E-state index contributed by atoms with van der Waals surface area (Å²) in [7, 11) is 0. The van der Waals surface area contributed by atoms with Gasteiger partial charge in [-0.15, -0.1) is 0 Å². The monoisotopic (exact) mass is 239 g/mol. The van der Waals surface area contributed by atoms with Gasteiger partial charge in [-0.1, -0.05) is 23.7 Å². The minimum atomic E-state index is 0.339. The van der Waals surface area contributed by atoms with Crippen LogP contribution in [0.4, 0.5) is 0 Å². The Morgan fingerprint density at radius 3 is 3.06 bits per heavy atom. The first kappa shape index (κ1) is 11.9. The molecule has 1 heterocycles. The summed E-state index contributed by atoms with van der Waals surface area (Å²) < 4.78 is 5.84. The van der Waals surface area contributed by atoms with E-state index in [4.69, 9.17) is 16.3 Å². The van der Waals surface area contributed by atoms with Gasteiger partial charge in [0, 0.05) is 11.6 Å². The number of aryl methyl sites for hydroxylation is 1. The lowest BCUT2D eigenvalue weighted by Crippen LogP contribution is -2.35. The summed E-state index contributed by atoms with van der Waals surface area (Å²) in [6.45, 7) is 4.74. The molecule has 0 aromatic heterocycles. The molecule has 0 saturated carbocycles. The van der Waals surface area contributed by atoms with Crippen molar-refractivity contribution in [2.75, 3.05) is 13.1 Å². The Balaban J connectivity index is 1.88. The van der Waals surface area contributed by atoms with Gasteiger partial charge in [-0.3, -0.25) is 0 Å². The molecule has 0 aliphatic carbocycles. The molecule has 16 heavy (non-hydrogen) atoms. The number of halogens is 1. The highest BCUT2D eigenvalue weighted by molar-refractivity contribution is 6.31. The van der Waals surface area contributed by atoms with E-state index in [1.54, 1.807) is 0 Å². The fourth-order valence-corrected chi connectivity index (χ4v) is 2.23. The van der Waals surface area contributed by atoms with Crippen LogP contribution in [0.5, 0.6) is 0 Å². The number of piperidine rings is 1. The summed E-state index contributed by atoms with van der Waals surface area (Å²) in [5, 5.41) is 4.15. The average molecular weight is 240 g/mol. The van der Waals surface area contributed by atoms with E-state index in [2.05, 4.69) is 11.4 Å². The standard InChI is InChI=1S/C13H18ClNO/c1-10-4-5-11(13(14)7-10)9-16-12-3-2-6-15-8-12/h4-5,7,12,15H,2-3,6,8-9H2,1H3/t12-/m0/s1. The number of hydrogen-bond acceptors (Lipinski definition) is 2. The van der Waals surface area contributed by atoms with Gasteiger partial charge in [-0.05, 0) is 43.5 Å². The van der Waals surface area contributed by atoms with Crippen molar-refractivity contribution < 1.29 is 4.74 Å². The normalized spacial score (nSPS) is 21.0. The molecule has 1 atom stereocenters. The van der Waals surface area contributed by atoms with Crippen LogP contribution in [0.25, 0.3) is 0 Å². The van der Waals surface area contributed by atoms with Crippen LogP contribution >= 0.6 is 11.6 Å². The molecular formula is C13H18ClNO. The summed E-state index contributed by atoms with van der Waals surface area (Å²) >= 11 is 6.15. The molecule has 0 bridgehead atoms. The van der Waals surface area contributed by atoms with Crippen molar-refractivity contribution in [1.82, 2.24) is 5.32 Å². The summed E-state index contributed by atoms with van der Waals surface area (Å²) in [6.07, 6.45) is 2.69. The van der Waals surface area contributed by atoms with E-state index in [0.717, 1.165) is 30.1 Å². The van der Waals surface area contributed by atoms with Crippen LogP contribution in [-0.2, 0) is 11.3 Å². The van der Waals surface area contributed by atoms with Crippen LogP contribution in [0, 0.1) is 6.92 Å². The van der Waals surface area contributed by atoms with Gasteiger partial charge < -0.3 is 10.1 Å². The van der Waals surface area contributed by atoms with Gasteiger partial charge in [0.25, 0.3) is 0 Å². The summed E-state index contributed by atoms with van der Waals surface area (Å²) in [5.41, 5.74) is 2.27. The second kappa shape index (κ2) is 5.67. The molecule has 2 nitrogen and oxygen atoms in total. The van der Waals surface area contributed by atoms with E-state index in [-0.39, 0.29) is 0 Å². The first-order valence-corrected chi connectivity index (χ1v) is 6.21. The van der Waals surface area contributed by atoms with Crippen LogP contribution in [-0.4, -0.2) is 19.2 Å². The Bertz CT molecular complexity index is 348. The third-order valence-electron chi connectivity index (χ3n) is 2.93. The molecule has 88 valence electrons. The molecule has 0 radical (unpaired) electrons. The summed E-state index contributed by atoms with van der Waals surface area (Å²) in [6, 6.07) is 6.11. The maximum atomic E-state index is 6.15. The van der Waals surface area contributed by atoms with Gasteiger partial charge >= 0.3 is 0 Å². The molecule has 0 amide bonds. The van der Waals surface area contributed by atoms with Crippen LogP contribution < -0.4 is 5.32 Å². The Morgan fingerprint density at radius 1 is 1.50 bits per heavy atom. The van der Waals surface area contributed by atoms with Crippen LogP contribution in [0.1, 0.15) is 24.0 Å². The molecule has 0 unspecified atom stereocenters. The van der Waals surface area contributed by atoms with Crippen LogP contribution in [0.15, 0.2) is 18.2 Å². The van der Waals surface area contributed by atoms with E-state index in [9.17, 15) is 0 Å². The molecule has 1 aromatic carbocycles. The molecule has 1 N–H and O–H groups in total.